The maximum Gasteiger partial charge on any atom is 0.255 e. The van der Waals surface area contributed by atoms with E-state index >= 15 is 0 Å². The Bertz CT molecular complexity index is 836. The largest absolute Gasteiger partial charge is 0.376 e. The van der Waals surface area contributed by atoms with Crippen molar-refractivity contribution in [3.8, 4) is 0 Å². The summed E-state index contributed by atoms with van der Waals surface area (Å²) in [5, 5.41) is 5.93. The van der Waals surface area contributed by atoms with E-state index in [1.807, 2.05) is 22.3 Å². The molecule has 134 valence electrons. The van der Waals surface area contributed by atoms with Gasteiger partial charge >= 0.3 is 0 Å². The molecule has 26 heavy (non-hydrogen) atoms. The number of piperidine rings is 1. The molecule has 1 aromatic heterocycles. The number of carbonyl (C=O) groups is 1. The molecule has 1 fully saturated rings. The average Bonchev–Trinajstić information content (AvgIpc) is 3.39. The van der Waals surface area contributed by atoms with Gasteiger partial charge in [0.2, 0.25) is 0 Å². The van der Waals surface area contributed by atoms with E-state index in [0.717, 1.165) is 43.6 Å². The number of amides is 1. The highest BCUT2D eigenvalue weighted by atomic mass is 32.1. The number of nitrogens with zero attached hydrogens (tertiary/aromatic N) is 1. The van der Waals surface area contributed by atoms with E-state index in [1.54, 1.807) is 0 Å². The van der Waals surface area contributed by atoms with Gasteiger partial charge in [-0.2, -0.15) is 0 Å². The van der Waals surface area contributed by atoms with Crippen molar-refractivity contribution in [3.05, 3.63) is 63.9 Å². The Hall–Kier alpha value is -2.07. The number of rotatable bonds is 2. The number of thiophene rings is 1. The molecule has 1 aromatic carbocycles. The van der Waals surface area contributed by atoms with Crippen molar-refractivity contribution in [2.75, 3.05) is 18.4 Å². The molecule has 1 saturated heterocycles. The molecule has 5 rings (SSSR count). The van der Waals surface area contributed by atoms with Gasteiger partial charge in [-0.1, -0.05) is 30.4 Å². The molecule has 3 nitrogen and oxygen atoms in total. The van der Waals surface area contributed by atoms with Crippen molar-refractivity contribution >= 4 is 22.9 Å². The van der Waals surface area contributed by atoms with Gasteiger partial charge in [-0.25, -0.2) is 0 Å². The normalized spacial score (nSPS) is 26.9. The number of hydrogen-bond acceptors (Lipinski definition) is 3. The van der Waals surface area contributed by atoms with Crippen LogP contribution in [-0.2, 0) is 0 Å². The Kier molecular flexibility index (Phi) is 4.08. The summed E-state index contributed by atoms with van der Waals surface area (Å²) in [5.41, 5.74) is 3.21. The van der Waals surface area contributed by atoms with Crippen molar-refractivity contribution in [1.29, 1.82) is 0 Å². The lowest BCUT2D eigenvalue weighted by Crippen LogP contribution is -2.37. The number of hydrogen-bond donors (Lipinski definition) is 1. The Morgan fingerprint density at radius 1 is 1.12 bits per heavy atom. The van der Waals surface area contributed by atoms with Crippen LogP contribution in [0.15, 0.2) is 47.9 Å². The van der Waals surface area contributed by atoms with E-state index in [0.29, 0.717) is 11.8 Å². The third-order valence-corrected chi connectivity index (χ3v) is 7.08. The van der Waals surface area contributed by atoms with Crippen molar-refractivity contribution in [2.45, 2.75) is 37.6 Å². The summed E-state index contributed by atoms with van der Waals surface area (Å²) in [6, 6.07) is 10.9. The number of nitrogens with one attached hydrogen (secondary N) is 1. The molecule has 3 aliphatic rings. The van der Waals surface area contributed by atoms with Crippen molar-refractivity contribution < 1.29 is 4.79 Å². The summed E-state index contributed by atoms with van der Waals surface area (Å²) >= 11 is 1.81. The predicted molar refractivity (Wildman–Crippen MR) is 107 cm³/mol. The molecular weight excluding hydrogens is 340 g/mol. The van der Waals surface area contributed by atoms with E-state index < -0.39 is 0 Å². The minimum Gasteiger partial charge on any atom is -0.376 e. The number of carbonyl (C=O) groups excluding carboxylic acids is 1. The van der Waals surface area contributed by atoms with Gasteiger partial charge in [0.15, 0.2) is 0 Å². The van der Waals surface area contributed by atoms with Gasteiger partial charge in [0.1, 0.15) is 0 Å². The monoisotopic (exact) mass is 364 g/mol. The van der Waals surface area contributed by atoms with Gasteiger partial charge in [-0.15, -0.1) is 11.3 Å². The van der Waals surface area contributed by atoms with Gasteiger partial charge in [-0.3, -0.25) is 4.79 Å². The molecule has 1 N–H and O–H groups in total. The second-order valence-electron chi connectivity index (χ2n) is 7.61. The number of benzene rings is 1. The fourth-order valence-corrected chi connectivity index (χ4v) is 5.67. The molecule has 3 atom stereocenters. The number of fused-ring (bicyclic) bond motifs is 3. The molecular formula is C22H24N2OS. The highest BCUT2D eigenvalue weighted by molar-refractivity contribution is 7.10. The maximum absolute atomic E-state index is 13.2. The first-order valence-electron chi connectivity index (χ1n) is 9.72. The molecule has 3 heterocycles. The Balaban J connectivity index is 1.56. The van der Waals surface area contributed by atoms with Crippen LogP contribution < -0.4 is 5.32 Å². The second kappa shape index (κ2) is 6.58. The van der Waals surface area contributed by atoms with Crippen LogP contribution in [0.3, 0.4) is 0 Å². The van der Waals surface area contributed by atoms with Crippen LogP contribution in [-0.4, -0.2) is 23.9 Å². The lowest BCUT2D eigenvalue weighted by Gasteiger charge is -2.38. The summed E-state index contributed by atoms with van der Waals surface area (Å²) in [5.74, 6) is 1.15. The Morgan fingerprint density at radius 2 is 2.00 bits per heavy atom. The topological polar surface area (TPSA) is 32.3 Å². The molecule has 0 bridgehead atoms. The smallest absolute Gasteiger partial charge is 0.255 e. The zero-order valence-electron chi connectivity index (χ0n) is 14.9. The molecule has 2 aromatic rings. The Labute approximate surface area is 158 Å². The molecule has 0 spiro atoms. The maximum atomic E-state index is 13.2. The Morgan fingerprint density at radius 3 is 2.81 bits per heavy atom. The van der Waals surface area contributed by atoms with Crippen LogP contribution in [0, 0.1) is 5.92 Å². The first-order chi connectivity index (χ1) is 12.8. The number of anilines is 1. The highest BCUT2D eigenvalue weighted by Gasteiger charge is 2.40. The van der Waals surface area contributed by atoms with Crippen LogP contribution in [0.2, 0.25) is 0 Å². The van der Waals surface area contributed by atoms with Gasteiger partial charge in [0.25, 0.3) is 5.91 Å². The minimum atomic E-state index is 0.194. The summed E-state index contributed by atoms with van der Waals surface area (Å²) < 4.78 is 0. The molecule has 0 saturated carbocycles. The molecule has 1 amide bonds. The summed E-state index contributed by atoms with van der Waals surface area (Å²) in [6.45, 7) is 1.78. The van der Waals surface area contributed by atoms with E-state index in [1.165, 1.54) is 16.9 Å². The fourth-order valence-electron chi connectivity index (χ4n) is 4.82. The summed E-state index contributed by atoms with van der Waals surface area (Å²) in [6.07, 6.45) is 9.25. The standard InChI is InChI=1S/C22H24N2OS/c25-22(24-12-2-1-3-13-24)18-10-5-8-16-15-7-4-9-17(15)21(23-20(16)18)19-11-6-14-26-19/h4-8,10-11,14-15,17,21,23H,1-3,9,12-13H2. The lowest BCUT2D eigenvalue weighted by atomic mass is 9.78. The SMILES string of the molecule is O=C(c1cccc2c1NC(c1cccs1)C1CC=CC21)N1CCCCC1. The van der Waals surface area contributed by atoms with Crippen LogP contribution >= 0.6 is 11.3 Å². The van der Waals surface area contributed by atoms with Gasteiger partial charge in [0.05, 0.1) is 17.3 Å². The molecule has 4 heteroatoms. The number of para-hydroxylation sites is 1. The summed E-state index contributed by atoms with van der Waals surface area (Å²) in [4.78, 5) is 16.6. The van der Waals surface area contributed by atoms with Crippen LogP contribution in [0.25, 0.3) is 0 Å². The summed E-state index contributed by atoms with van der Waals surface area (Å²) in [7, 11) is 0. The molecule has 1 aliphatic carbocycles. The molecule has 3 unspecified atom stereocenters. The zero-order valence-corrected chi connectivity index (χ0v) is 15.7. The van der Waals surface area contributed by atoms with E-state index in [-0.39, 0.29) is 11.9 Å². The third kappa shape index (κ3) is 2.59. The zero-order chi connectivity index (χ0) is 17.5. The quantitative estimate of drug-likeness (QED) is 0.743. The van der Waals surface area contributed by atoms with Crippen LogP contribution in [0.4, 0.5) is 5.69 Å². The lowest BCUT2D eigenvalue weighted by molar-refractivity contribution is 0.0725. The average molecular weight is 365 g/mol. The molecule has 2 aliphatic heterocycles. The minimum absolute atomic E-state index is 0.194. The van der Waals surface area contributed by atoms with Gasteiger partial charge in [-0.05, 0) is 54.7 Å². The second-order valence-corrected chi connectivity index (χ2v) is 8.59. The van der Waals surface area contributed by atoms with Crippen LogP contribution in [0.1, 0.15) is 58.4 Å². The first-order valence-corrected chi connectivity index (χ1v) is 10.6. The van der Waals surface area contributed by atoms with E-state index in [2.05, 4.69) is 47.1 Å². The van der Waals surface area contributed by atoms with E-state index in [4.69, 9.17) is 0 Å². The third-order valence-electron chi connectivity index (χ3n) is 6.12. The molecule has 0 radical (unpaired) electrons. The van der Waals surface area contributed by atoms with Crippen molar-refractivity contribution in [1.82, 2.24) is 4.90 Å². The van der Waals surface area contributed by atoms with Gasteiger partial charge < -0.3 is 10.2 Å². The van der Waals surface area contributed by atoms with Gasteiger partial charge in [0, 0.05) is 23.9 Å². The predicted octanol–water partition coefficient (Wildman–Crippen LogP) is 5.20. The van der Waals surface area contributed by atoms with Crippen LogP contribution in [0.5, 0.6) is 0 Å². The van der Waals surface area contributed by atoms with E-state index in [9.17, 15) is 4.79 Å². The number of allylic oxidation sites excluding steroid dienone is 2. The van der Waals surface area contributed by atoms with Crippen molar-refractivity contribution in [3.63, 3.8) is 0 Å². The van der Waals surface area contributed by atoms with Crippen molar-refractivity contribution in [2.24, 2.45) is 5.92 Å². The fraction of sp³-hybridized carbons (Fsp3) is 0.409. The number of likely N-dealkylation sites (tertiary alicyclic amines) is 1. The first kappa shape index (κ1) is 16.1. The highest BCUT2D eigenvalue weighted by Crippen LogP contribution is 2.51.